The minimum atomic E-state index is -3.57. The molecule has 1 aromatic rings. The third kappa shape index (κ3) is 4.43. The number of nitrogens with one attached hydrogen (secondary N) is 1. The molecule has 98 valence electrons. The van der Waals surface area contributed by atoms with Gasteiger partial charge in [-0.3, -0.25) is 0 Å². The van der Waals surface area contributed by atoms with E-state index in [4.69, 9.17) is 16.4 Å². The van der Waals surface area contributed by atoms with Gasteiger partial charge < -0.3 is 9.84 Å². The van der Waals surface area contributed by atoms with Crippen LogP contribution >= 0.6 is 0 Å². The standard InChI is InChI=1S/C11H14N2O4S/c1-12-10-2-4-11(5-3-10)18(15,16)13-6-8-17-9-7-14/h2-5,13-14H,6-9H2. The van der Waals surface area contributed by atoms with Gasteiger partial charge in [0.25, 0.3) is 0 Å². The van der Waals surface area contributed by atoms with E-state index >= 15 is 0 Å². The summed E-state index contributed by atoms with van der Waals surface area (Å²) in [5.41, 5.74) is 0.389. The molecule has 0 fully saturated rings. The predicted molar refractivity (Wildman–Crippen MR) is 65.8 cm³/mol. The quantitative estimate of drug-likeness (QED) is 0.559. The van der Waals surface area contributed by atoms with Crippen LogP contribution in [0.3, 0.4) is 0 Å². The van der Waals surface area contributed by atoms with Gasteiger partial charge in [0.1, 0.15) is 0 Å². The van der Waals surface area contributed by atoms with E-state index in [0.717, 1.165) is 0 Å². The average Bonchev–Trinajstić information content (AvgIpc) is 2.38. The first-order valence-electron chi connectivity index (χ1n) is 5.26. The predicted octanol–water partition coefficient (Wildman–Crippen LogP) is 0.525. The molecule has 1 rings (SSSR count). The first kappa shape index (κ1) is 14.6. The van der Waals surface area contributed by atoms with E-state index in [1.165, 1.54) is 24.3 Å². The molecule has 2 N–H and O–H groups in total. The van der Waals surface area contributed by atoms with Gasteiger partial charge in [0, 0.05) is 6.54 Å². The molecule has 0 aliphatic rings. The third-order valence-electron chi connectivity index (χ3n) is 2.05. The zero-order valence-electron chi connectivity index (χ0n) is 9.67. The fourth-order valence-electron chi connectivity index (χ4n) is 1.20. The van der Waals surface area contributed by atoms with Crippen molar-refractivity contribution >= 4 is 15.7 Å². The van der Waals surface area contributed by atoms with Gasteiger partial charge >= 0.3 is 0 Å². The van der Waals surface area contributed by atoms with Crippen LogP contribution in [0, 0.1) is 6.57 Å². The normalized spacial score (nSPS) is 11.1. The second-order valence-corrected chi connectivity index (χ2v) is 5.11. The molecule has 0 spiro atoms. The number of rotatable bonds is 7. The zero-order chi connectivity index (χ0) is 13.4. The molecule has 0 aliphatic carbocycles. The Kier molecular flexibility index (Phi) is 5.74. The van der Waals surface area contributed by atoms with Crippen LogP contribution in [-0.4, -0.2) is 39.9 Å². The number of hydrogen-bond acceptors (Lipinski definition) is 4. The molecule has 0 aliphatic heterocycles. The van der Waals surface area contributed by atoms with Crippen LogP contribution in [0.15, 0.2) is 29.2 Å². The molecule has 0 aromatic heterocycles. The summed E-state index contributed by atoms with van der Waals surface area (Å²) in [6.45, 7) is 7.18. The fraction of sp³-hybridized carbons (Fsp3) is 0.364. The first-order valence-corrected chi connectivity index (χ1v) is 6.74. The van der Waals surface area contributed by atoms with Crippen LogP contribution in [-0.2, 0) is 14.8 Å². The second kappa shape index (κ2) is 7.08. The molecule has 0 heterocycles. The molecule has 0 bridgehead atoms. The highest BCUT2D eigenvalue weighted by Gasteiger charge is 2.12. The average molecular weight is 270 g/mol. The molecule has 0 saturated carbocycles. The first-order chi connectivity index (χ1) is 8.60. The van der Waals surface area contributed by atoms with E-state index in [-0.39, 0.29) is 31.3 Å². The lowest BCUT2D eigenvalue weighted by atomic mass is 10.3. The van der Waals surface area contributed by atoms with E-state index in [0.29, 0.717) is 5.69 Å². The molecule has 0 unspecified atom stereocenters. The summed E-state index contributed by atoms with van der Waals surface area (Å²) < 4.78 is 30.8. The van der Waals surface area contributed by atoms with Crippen molar-refractivity contribution in [1.29, 1.82) is 0 Å². The number of benzene rings is 1. The van der Waals surface area contributed by atoms with Gasteiger partial charge in [0.2, 0.25) is 10.0 Å². The molecule has 0 radical (unpaired) electrons. The van der Waals surface area contributed by atoms with Gasteiger partial charge in [-0.25, -0.2) is 18.0 Å². The maximum absolute atomic E-state index is 11.8. The van der Waals surface area contributed by atoms with Gasteiger partial charge in [0.05, 0.1) is 31.3 Å². The number of aliphatic hydroxyl groups excluding tert-OH is 1. The summed E-state index contributed by atoms with van der Waals surface area (Å²) in [5, 5.41) is 8.46. The van der Waals surface area contributed by atoms with Crippen molar-refractivity contribution in [1.82, 2.24) is 4.72 Å². The van der Waals surface area contributed by atoms with Crippen LogP contribution in [0.25, 0.3) is 4.85 Å². The lowest BCUT2D eigenvalue weighted by Crippen LogP contribution is -2.27. The highest BCUT2D eigenvalue weighted by atomic mass is 32.2. The Balaban J connectivity index is 2.55. The van der Waals surface area contributed by atoms with E-state index in [9.17, 15) is 8.42 Å². The van der Waals surface area contributed by atoms with Gasteiger partial charge in [-0.15, -0.1) is 0 Å². The van der Waals surface area contributed by atoms with E-state index in [2.05, 4.69) is 9.57 Å². The highest BCUT2D eigenvalue weighted by molar-refractivity contribution is 7.89. The molecule has 7 heteroatoms. The van der Waals surface area contributed by atoms with Crippen molar-refractivity contribution < 1.29 is 18.3 Å². The summed E-state index contributed by atoms with van der Waals surface area (Å²) in [4.78, 5) is 3.29. The third-order valence-corrected chi connectivity index (χ3v) is 3.53. The number of ether oxygens (including phenoxy) is 1. The smallest absolute Gasteiger partial charge is 0.240 e. The van der Waals surface area contributed by atoms with Crippen molar-refractivity contribution in [3.63, 3.8) is 0 Å². The summed E-state index contributed by atoms with van der Waals surface area (Å²) >= 11 is 0. The minimum absolute atomic E-state index is 0.0924. The van der Waals surface area contributed by atoms with Crippen molar-refractivity contribution in [3.05, 3.63) is 35.7 Å². The number of hydrogen-bond donors (Lipinski definition) is 2. The second-order valence-electron chi connectivity index (χ2n) is 3.34. The molecular formula is C11H14N2O4S. The lowest BCUT2D eigenvalue weighted by Gasteiger charge is -2.07. The maximum Gasteiger partial charge on any atom is 0.240 e. The molecule has 1 aromatic carbocycles. The Labute approximate surface area is 106 Å². The summed E-state index contributed by atoms with van der Waals surface area (Å²) in [7, 11) is -3.57. The SMILES string of the molecule is [C-]#[N+]c1ccc(S(=O)(=O)NCCOCCO)cc1. The number of aliphatic hydroxyl groups is 1. The molecule has 0 amide bonds. The Morgan fingerprint density at radius 1 is 1.28 bits per heavy atom. The molecule has 6 nitrogen and oxygen atoms in total. The lowest BCUT2D eigenvalue weighted by molar-refractivity contribution is 0.0961. The van der Waals surface area contributed by atoms with Gasteiger partial charge in [-0.2, -0.15) is 0 Å². The molecule has 0 saturated heterocycles. The zero-order valence-corrected chi connectivity index (χ0v) is 10.5. The van der Waals surface area contributed by atoms with Gasteiger partial charge in [-0.1, -0.05) is 24.3 Å². The van der Waals surface area contributed by atoms with Gasteiger partial charge in [-0.05, 0) is 0 Å². The largest absolute Gasteiger partial charge is 0.394 e. The fourth-order valence-corrected chi connectivity index (χ4v) is 2.21. The van der Waals surface area contributed by atoms with E-state index in [1.54, 1.807) is 0 Å². The Morgan fingerprint density at radius 2 is 1.94 bits per heavy atom. The van der Waals surface area contributed by atoms with Gasteiger partial charge in [0.15, 0.2) is 5.69 Å². The topological polar surface area (TPSA) is 80.0 Å². The molecule has 0 atom stereocenters. The van der Waals surface area contributed by atoms with E-state index < -0.39 is 10.0 Å². The summed E-state index contributed by atoms with van der Waals surface area (Å²) in [6.07, 6.45) is 0. The molecule has 18 heavy (non-hydrogen) atoms. The summed E-state index contributed by atoms with van der Waals surface area (Å²) in [5.74, 6) is 0. The van der Waals surface area contributed by atoms with Crippen LogP contribution in [0.1, 0.15) is 0 Å². The van der Waals surface area contributed by atoms with Crippen molar-refractivity contribution in [2.45, 2.75) is 4.90 Å². The van der Waals surface area contributed by atoms with Crippen molar-refractivity contribution in [2.24, 2.45) is 0 Å². The Morgan fingerprint density at radius 3 is 2.50 bits per heavy atom. The highest BCUT2D eigenvalue weighted by Crippen LogP contribution is 2.15. The monoisotopic (exact) mass is 270 g/mol. The van der Waals surface area contributed by atoms with Crippen molar-refractivity contribution in [2.75, 3.05) is 26.4 Å². The van der Waals surface area contributed by atoms with Crippen LogP contribution in [0.5, 0.6) is 0 Å². The van der Waals surface area contributed by atoms with Crippen molar-refractivity contribution in [3.8, 4) is 0 Å². The van der Waals surface area contributed by atoms with E-state index in [1.807, 2.05) is 0 Å². The van der Waals surface area contributed by atoms with Crippen LogP contribution < -0.4 is 4.72 Å². The minimum Gasteiger partial charge on any atom is -0.394 e. The van der Waals surface area contributed by atoms with Crippen LogP contribution in [0.4, 0.5) is 5.69 Å². The number of nitrogens with zero attached hydrogens (tertiary/aromatic N) is 1. The summed E-state index contributed by atoms with van der Waals surface area (Å²) in [6, 6.07) is 5.65. The van der Waals surface area contributed by atoms with Crippen LogP contribution in [0.2, 0.25) is 0 Å². The number of sulfonamides is 1. The Bertz CT molecular complexity index is 505. The Hall–Kier alpha value is -1.46. The maximum atomic E-state index is 11.8. The molecular weight excluding hydrogens is 256 g/mol.